The minimum absolute atomic E-state index is 0.0209. The summed E-state index contributed by atoms with van der Waals surface area (Å²) >= 11 is 1.27. The molecule has 4 aromatic rings. The SMILES string of the molecule is Cn1c(=NC(=O)c2ccc(C(=O)c3ccccc3)cc2)sc2ccc([N+](=O)[O-])cc21. The minimum atomic E-state index is -0.461. The predicted octanol–water partition coefficient (Wildman–Crippen LogP) is 4.12. The fraction of sp³-hybridized carbons (Fsp3) is 0.0455. The lowest BCUT2D eigenvalue weighted by molar-refractivity contribution is -0.384. The monoisotopic (exact) mass is 417 g/mol. The van der Waals surface area contributed by atoms with Crippen LogP contribution in [0, 0.1) is 10.1 Å². The van der Waals surface area contributed by atoms with Gasteiger partial charge in [-0.3, -0.25) is 19.7 Å². The Morgan fingerprint density at radius 1 is 0.933 bits per heavy atom. The molecule has 0 radical (unpaired) electrons. The van der Waals surface area contributed by atoms with Gasteiger partial charge in [0.05, 0.1) is 15.1 Å². The Labute approximate surface area is 174 Å². The second-order valence-electron chi connectivity index (χ2n) is 6.54. The van der Waals surface area contributed by atoms with Crippen LogP contribution < -0.4 is 4.80 Å². The molecular weight excluding hydrogens is 402 g/mol. The van der Waals surface area contributed by atoms with Gasteiger partial charge in [0.1, 0.15) is 0 Å². The lowest BCUT2D eigenvalue weighted by Gasteiger charge is -2.02. The number of amides is 1. The molecule has 8 heteroatoms. The molecule has 0 spiro atoms. The van der Waals surface area contributed by atoms with E-state index in [1.807, 2.05) is 6.07 Å². The standard InChI is InChI=1S/C22H15N3O4S/c1-24-18-13-17(25(28)29)11-12-19(18)30-22(24)23-21(27)16-9-7-15(8-10-16)20(26)14-5-3-2-4-6-14/h2-13H,1H3. The number of nitrogens with zero attached hydrogens (tertiary/aromatic N) is 3. The number of fused-ring (bicyclic) bond motifs is 1. The Kier molecular flexibility index (Phi) is 5.07. The molecule has 7 nitrogen and oxygen atoms in total. The van der Waals surface area contributed by atoms with Crippen LogP contribution in [-0.4, -0.2) is 21.2 Å². The van der Waals surface area contributed by atoms with Crippen LogP contribution in [0.5, 0.6) is 0 Å². The number of ketones is 1. The fourth-order valence-corrected chi connectivity index (χ4v) is 4.00. The first kappa shape index (κ1) is 19.4. The number of benzene rings is 3. The first-order valence-electron chi connectivity index (χ1n) is 8.97. The van der Waals surface area contributed by atoms with Gasteiger partial charge in [0, 0.05) is 35.9 Å². The second kappa shape index (κ2) is 7.84. The Morgan fingerprint density at radius 3 is 2.23 bits per heavy atom. The van der Waals surface area contributed by atoms with Crippen molar-refractivity contribution in [3.8, 4) is 0 Å². The van der Waals surface area contributed by atoms with Crippen molar-refractivity contribution in [1.82, 2.24) is 4.57 Å². The molecule has 0 unspecified atom stereocenters. The van der Waals surface area contributed by atoms with E-state index in [-0.39, 0.29) is 11.5 Å². The Balaban J connectivity index is 1.63. The van der Waals surface area contributed by atoms with Gasteiger partial charge in [0.25, 0.3) is 11.6 Å². The third-order valence-electron chi connectivity index (χ3n) is 4.63. The number of carbonyl (C=O) groups excluding carboxylic acids is 2. The molecule has 0 saturated carbocycles. The zero-order valence-corrected chi connectivity index (χ0v) is 16.6. The summed E-state index contributed by atoms with van der Waals surface area (Å²) in [6.07, 6.45) is 0. The number of carbonyl (C=O) groups is 2. The molecule has 3 aromatic carbocycles. The molecule has 0 saturated heterocycles. The zero-order valence-electron chi connectivity index (χ0n) is 15.8. The maximum Gasteiger partial charge on any atom is 0.279 e. The van der Waals surface area contributed by atoms with E-state index in [2.05, 4.69) is 4.99 Å². The number of thiazole rings is 1. The third-order valence-corrected chi connectivity index (χ3v) is 5.74. The highest BCUT2D eigenvalue weighted by Gasteiger charge is 2.13. The molecule has 0 aliphatic carbocycles. The molecule has 0 bridgehead atoms. The number of aryl methyl sites for hydroxylation is 1. The van der Waals surface area contributed by atoms with Crippen LogP contribution in [0.4, 0.5) is 5.69 Å². The molecule has 4 rings (SSSR count). The lowest BCUT2D eigenvalue weighted by atomic mass is 10.0. The molecular formula is C22H15N3O4S. The molecule has 1 aromatic heterocycles. The van der Waals surface area contributed by atoms with Gasteiger partial charge in [-0.25, -0.2) is 0 Å². The van der Waals surface area contributed by atoms with Crippen LogP contribution in [0.3, 0.4) is 0 Å². The van der Waals surface area contributed by atoms with E-state index < -0.39 is 10.8 Å². The van der Waals surface area contributed by atoms with Crippen LogP contribution in [0.1, 0.15) is 26.3 Å². The predicted molar refractivity (Wildman–Crippen MR) is 114 cm³/mol. The highest BCUT2D eigenvalue weighted by Crippen LogP contribution is 2.22. The number of aromatic nitrogens is 1. The van der Waals surface area contributed by atoms with E-state index in [0.717, 1.165) is 4.70 Å². The van der Waals surface area contributed by atoms with Crippen LogP contribution in [0.25, 0.3) is 10.2 Å². The molecule has 1 amide bonds. The normalized spacial score (nSPS) is 11.6. The van der Waals surface area contributed by atoms with Crippen molar-refractivity contribution in [3.05, 3.63) is 104 Å². The summed E-state index contributed by atoms with van der Waals surface area (Å²) in [5.41, 5.74) is 2.02. The zero-order chi connectivity index (χ0) is 21.3. The molecule has 0 fully saturated rings. The highest BCUT2D eigenvalue weighted by atomic mass is 32.1. The van der Waals surface area contributed by atoms with Crippen molar-refractivity contribution in [3.63, 3.8) is 0 Å². The Hall–Kier alpha value is -3.91. The fourth-order valence-electron chi connectivity index (χ4n) is 3.01. The Bertz CT molecular complexity index is 1350. The number of non-ortho nitro benzene ring substituents is 1. The molecule has 0 aliphatic heterocycles. The summed E-state index contributed by atoms with van der Waals surface area (Å²) < 4.78 is 2.44. The molecule has 148 valence electrons. The van der Waals surface area contributed by atoms with Gasteiger partial charge in [0.15, 0.2) is 10.6 Å². The topological polar surface area (TPSA) is 94.6 Å². The quantitative estimate of drug-likeness (QED) is 0.284. The smallest absolute Gasteiger partial charge is 0.279 e. The molecule has 30 heavy (non-hydrogen) atoms. The van der Waals surface area contributed by atoms with Gasteiger partial charge in [0.2, 0.25) is 0 Å². The number of nitro benzene ring substituents is 1. The maximum absolute atomic E-state index is 12.6. The van der Waals surface area contributed by atoms with Crippen LogP contribution in [0.15, 0.2) is 77.8 Å². The Morgan fingerprint density at radius 2 is 1.57 bits per heavy atom. The summed E-state index contributed by atoms with van der Waals surface area (Å²) in [6, 6.07) is 19.8. The van der Waals surface area contributed by atoms with Gasteiger partial charge in [-0.1, -0.05) is 53.8 Å². The van der Waals surface area contributed by atoms with Crippen LogP contribution in [-0.2, 0) is 7.05 Å². The largest absolute Gasteiger partial charge is 0.319 e. The summed E-state index contributed by atoms with van der Waals surface area (Å²) in [5.74, 6) is -0.575. The number of rotatable bonds is 4. The second-order valence-corrected chi connectivity index (χ2v) is 7.55. The average Bonchev–Trinajstić information content (AvgIpc) is 3.08. The van der Waals surface area contributed by atoms with Gasteiger partial charge >= 0.3 is 0 Å². The van der Waals surface area contributed by atoms with Crippen LogP contribution >= 0.6 is 11.3 Å². The van der Waals surface area contributed by atoms with Gasteiger partial charge < -0.3 is 4.57 Å². The minimum Gasteiger partial charge on any atom is -0.319 e. The van der Waals surface area contributed by atoms with Gasteiger partial charge in [-0.15, -0.1) is 0 Å². The van der Waals surface area contributed by atoms with Crippen molar-refractivity contribution in [2.75, 3.05) is 0 Å². The highest BCUT2D eigenvalue weighted by molar-refractivity contribution is 7.16. The van der Waals surface area contributed by atoms with Crippen molar-refractivity contribution in [2.24, 2.45) is 12.0 Å². The van der Waals surface area contributed by atoms with Crippen molar-refractivity contribution in [1.29, 1.82) is 0 Å². The molecule has 0 atom stereocenters. The first-order chi connectivity index (χ1) is 14.4. The maximum atomic E-state index is 12.6. The molecule has 0 N–H and O–H groups in total. The lowest BCUT2D eigenvalue weighted by Crippen LogP contribution is -2.13. The number of hydrogen-bond donors (Lipinski definition) is 0. The van der Waals surface area contributed by atoms with Crippen molar-refractivity contribution >= 4 is 38.9 Å². The number of hydrogen-bond acceptors (Lipinski definition) is 5. The van der Waals surface area contributed by atoms with E-state index >= 15 is 0 Å². The van der Waals surface area contributed by atoms with Gasteiger partial charge in [-0.2, -0.15) is 4.99 Å². The van der Waals surface area contributed by atoms with E-state index in [4.69, 9.17) is 0 Å². The summed E-state index contributed by atoms with van der Waals surface area (Å²) in [4.78, 5) is 40.2. The molecule has 0 aliphatic rings. The van der Waals surface area contributed by atoms with E-state index in [1.165, 1.54) is 23.5 Å². The number of nitro groups is 1. The van der Waals surface area contributed by atoms with Crippen LogP contribution in [0.2, 0.25) is 0 Å². The van der Waals surface area contributed by atoms with E-state index in [0.29, 0.717) is 27.0 Å². The third kappa shape index (κ3) is 3.68. The summed E-state index contributed by atoms with van der Waals surface area (Å²) in [7, 11) is 1.70. The van der Waals surface area contributed by atoms with Crippen molar-refractivity contribution < 1.29 is 14.5 Å². The van der Waals surface area contributed by atoms with E-state index in [9.17, 15) is 19.7 Å². The van der Waals surface area contributed by atoms with Gasteiger partial charge in [-0.05, 0) is 18.2 Å². The molecule has 1 heterocycles. The summed E-state index contributed by atoms with van der Waals surface area (Å²) in [5, 5.41) is 11.0. The first-order valence-corrected chi connectivity index (χ1v) is 9.78. The average molecular weight is 417 g/mol. The summed E-state index contributed by atoms with van der Waals surface area (Å²) in [6.45, 7) is 0. The van der Waals surface area contributed by atoms with Crippen molar-refractivity contribution in [2.45, 2.75) is 0 Å². The van der Waals surface area contributed by atoms with E-state index in [1.54, 1.807) is 66.2 Å².